The summed E-state index contributed by atoms with van der Waals surface area (Å²) in [4.78, 5) is 20.0. The van der Waals surface area contributed by atoms with E-state index in [1.54, 1.807) is 0 Å². The topological polar surface area (TPSA) is 69.1 Å². The molecule has 4 aromatic rings. The number of likely N-dealkylation sites (tertiary alicyclic amines) is 1. The van der Waals surface area contributed by atoms with Crippen LogP contribution in [0.2, 0.25) is 0 Å². The fourth-order valence-corrected chi connectivity index (χ4v) is 4.60. The van der Waals surface area contributed by atoms with Crippen LogP contribution in [0.1, 0.15) is 52.0 Å². The Morgan fingerprint density at radius 3 is 2.53 bits per heavy atom. The molecule has 0 bridgehead atoms. The Balaban J connectivity index is 1.29. The maximum absolute atomic E-state index is 13.3. The molecule has 0 spiro atoms. The fourth-order valence-electron chi connectivity index (χ4n) is 4.60. The number of piperidine rings is 1. The Bertz CT molecular complexity index is 1190. The molecule has 0 radical (unpaired) electrons. The number of hydrogen-bond acceptors (Lipinski definition) is 4. The first-order chi connectivity index (χ1) is 15.6. The van der Waals surface area contributed by atoms with Gasteiger partial charge in [0.05, 0.1) is 23.5 Å². The van der Waals surface area contributed by atoms with E-state index in [1.165, 1.54) is 0 Å². The summed E-state index contributed by atoms with van der Waals surface area (Å²) in [5, 5.41) is 4.07. The van der Waals surface area contributed by atoms with E-state index in [0.29, 0.717) is 12.5 Å². The second-order valence-electron chi connectivity index (χ2n) is 8.39. The highest BCUT2D eigenvalue weighted by Crippen LogP contribution is 2.29. The second kappa shape index (κ2) is 8.49. The van der Waals surface area contributed by atoms with Crippen molar-refractivity contribution in [1.82, 2.24) is 24.2 Å². The average molecular weight is 430 g/mol. The van der Waals surface area contributed by atoms with Gasteiger partial charge in [-0.2, -0.15) is 0 Å². The molecule has 32 heavy (non-hydrogen) atoms. The lowest BCUT2D eigenvalue weighted by Gasteiger charge is -2.32. The minimum atomic E-state index is 0.0896. The molecule has 0 atom stereocenters. The van der Waals surface area contributed by atoms with Crippen LogP contribution in [0.25, 0.3) is 5.69 Å². The molecule has 7 heteroatoms. The zero-order valence-electron chi connectivity index (χ0n) is 18.4. The van der Waals surface area contributed by atoms with Crippen molar-refractivity contribution in [3.8, 4) is 5.69 Å². The Kier molecular flexibility index (Phi) is 5.39. The third-order valence-corrected chi connectivity index (χ3v) is 6.42. The van der Waals surface area contributed by atoms with E-state index in [2.05, 4.69) is 14.7 Å². The van der Waals surface area contributed by atoms with Gasteiger partial charge in [0.15, 0.2) is 0 Å². The van der Waals surface area contributed by atoms with E-state index >= 15 is 0 Å². The van der Waals surface area contributed by atoms with Gasteiger partial charge in [0.1, 0.15) is 11.6 Å². The van der Waals surface area contributed by atoms with E-state index in [1.807, 2.05) is 84.5 Å². The normalized spacial score (nSPS) is 14.8. The van der Waals surface area contributed by atoms with Crippen LogP contribution >= 0.6 is 0 Å². The van der Waals surface area contributed by atoms with E-state index in [9.17, 15) is 4.79 Å². The molecule has 1 aliphatic rings. The third kappa shape index (κ3) is 3.75. The van der Waals surface area contributed by atoms with Crippen LogP contribution in [-0.4, -0.2) is 43.2 Å². The van der Waals surface area contributed by atoms with Gasteiger partial charge in [-0.15, -0.1) is 0 Å². The highest BCUT2D eigenvalue weighted by Gasteiger charge is 2.28. The van der Waals surface area contributed by atoms with Crippen molar-refractivity contribution >= 4 is 5.91 Å². The molecule has 0 N–H and O–H groups in total. The minimum absolute atomic E-state index is 0.0896. The zero-order chi connectivity index (χ0) is 22.1. The largest absolute Gasteiger partial charge is 0.361 e. The number of rotatable bonds is 5. The molecule has 5 rings (SSSR count). The average Bonchev–Trinajstić information content (AvgIpc) is 3.58. The number of nitrogens with zero attached hydrogens (tertiary/aromatic N) is 5. The van der Waals surface area contributed by atoms with Crippen molar-refractivity contribution in [1.29, 1.82) is 0 Å². The number of amides is 1. The van der Waals surface area contributed by atoms with E-state index in [4.69, 9.17) is 4.52 Å². The van der Waals surface area contributed by atoms with Crippen molar-refractivity contribution in [3.05, 3.63) is 89.6 Å². The smallest absolute Gasteiger partial charge is 0.255 e. The summed E-state index contributed by atoms with van der Waals surface area (Å²) in [7, 11) is 0. The zero-order valence-corrected chi connectivity index (χ0v) is 18.4. The summed E-state index contributed by atoms with van der Waals surface area (Å²) in [5.74, 6) is 2.34. The number of aromatic nitrogens is 4. The summed E-state index contributed by atoms with van der Waals surface area (Å²) < 4.78 is 9.50. The Morgan fingerprint density at radius 1 is 1.06 bits per heavy atom. The van der Waals surface area contributed by atoms with Crippen molar-refractivity contribution < 1.29 is 9.32 Å². The van der Waals surface area contributed by atoms with Crippen LogP contribution in [0.4, 0.5) is 0 Å². The lowest BCUT2D eigenvalue weighted by atomic mass is 9.95. The molecular formula is C25H27N5O2. The summed E-state index contributed by atoms with van der Waals surface area (Å²) in [6.07, 6.45) is 9.62. The summed E-state index contributed by atoms with van der Waals surface area (Å²) in [6, 6.07) is 11.7. The van der Waals surface area contributed by atoms with Gasteiger partial charge in [0, 0.05) is 49.4 Å². The van der Waals surface area contributed by atoms with Gasteiger partial charge in [0.2, 0.25) is 0 Å². The molecular weight excluding hydrogens is 402 g/mol. The Labute approximate surface area is 187 Å². The van der Waals surface area contributed by atoms with Gasteiger partial charge in [-0.25, -0.2) is 4.98 Å². The van der Waals surface area contributed by atoms with Crippen molar-refractivity contribution in [3.63, 3.8) is 0 Å². The third-order valence-electron chi connectivity index (χ3n) is 6.42. The quantitative estimate of drug-likeness (QED) is 0.473. The molecule has 0 saturated carbocycles. The second-order valence-corrected chi connectivity index (χ2v) is 8.39. The minimum Gasteiger partial charge on any atom is -0.361 e. The molecule has 164 valence electrons. The highest BCUT2D eigenvalue weighted by atomic mass is 16.5. The van der Waals surface area contributed by atoms with Gasteiger partial charge in [-0.1, -0.05) is 17.3 Å². The maximum atomic E-state index is 13.3. The van der Waals surface area contributed by atoms with Crippen LogP contribution < -0.4 is 0 Å². The lowest BCUT2D eigenvalue weighted by Crippen LogP contribution is -2.38. The lowest BCUT2D eigenvalue weighted by molar-refractivity contribution is 0.0710. The van der Waals surface area contributed by atoms with Gasteiger partial charge in [-0.3, -0.25) is 4.79 Å². The summed E-state index contributed by atoms with van der Waals surface area (Å²) in [5.41, 5.74) is 3.68. The molecule has 1 saturated heterocycles. The van der Waals surface area contributed by atoms with Crippen LogP contribution in [-0.2, 0) is 6.54 Å². The van der Waals surface area contributed by atoms with Crippen LogP contribution in [0.15, 0.2) is 65.7 Å². The number of imidazole rings is 1. The molecule has 4 heterocycles. The molecule has 3 aromatic heterocycles. The number of carbonyl (C=O) groups excluding carboxylic acids is 1. The van der Waals surface area contributed by atoms with E-state index < -0.39 is 0 Å². The molecule has 1 aliphatic heterocycles. The van der Waals surface area contributed by atoms with Crippen LogP contribution in [0.3, 0.4) is 0 Å². The molecule has 1 aromatic carbocycles. The predicted octanol–water partition coefficient (Wildman–Crippen LogP) is 4.35. The Hall–Kier alpha value is -3.61. The van der Waals surface area contributed by atoms with Crippen molar-refractivity contribution in [2.45, 2.75) is 39.2 Å². The van der Waals surface area contributed by atoms with Crippen LogP contribution in [0, 0.1) is 13.8 Å². The first-order valence-corrected chi connectivity index (χ1v) is 11.1. The van der Waals surface area contributed by atoms with E-state index in [0.717, 1.165) is 60.0 Å². The maximum Gasteiger partial charge on any atom is 0.255 e. The van der Waals surface area contributed by atoms with Gasteiger partial charge in [0.25, 0.3) is 5.91 Å². The van der Waals surface area contributed by atoms with Gasteiger partial charge < -0.3 is 18.6 Å². The standard InChI is InChI=1S/C25H27N5O2/c1-18-22(19(2)32-27-18)17-30-16-11-26-24(30)20-9-14-29(15-10-20)25(31)21-7-3-4-8-23(21)28-12-5-6-13-28/h3-8,11-13,16,20H,9-10,14-15,17H2,1-2H3. The monoisotopic (exact) mass is 429 g/mol. The first kappa shape index (κ1) is 20.3. The molecule has 1 amide bonds. The van der Waals surface area contributed by atoms with Crippen LogP contribution in [0.5, 0.6) is 0 Å². The number of aryl methyl sites for hydroxylation is 2. The van der Waals surface area contributed by atoms with Gasteiger partial charge in [-0.05, 0) is 51.0 Å². The highest BCUT2D eigenvalue weighted by molar-refractivity contribution is 5.97. The van der Waals surface area contributed by atoms with Gasteiger partial charge >= 0.3 is 0 Å². The van der Waals surface area contributed by atoms with Crippen molar-refractivity contribution in [2.75, 3.05) is 13.1 Å². The summed E-state index contributed by atoms with van der Waals surface area (Å²) in [6.45, 7) is 6.07. The number of carbonyl (C=O) groups is 1. The molecule has 1 fully saturated rings. The molecule has 7 nitrogen and oxygen atoms in total. The molecule has 0 unspecified atom stereocenters. The summed E-state index contributed by atoms with van der Waals surface area (Å²) >= 11 is 0. The Morgan fingerprint density at radius 2 is 1.81 bits per heavy atom. The van der Waals surface area contributed by atoms with Crippen molar-refractivity contribution in [2.24, 2.45) is 0 Å². The first-order valence-electron chi connectivity index (χ1n) is 11.1. The van der Waals surface area contributed by atoms with E-state index in [-0.39, 0.29) is 5.91 Å². The predicted molar refractivity (Wildman–Crippen MR) is 121 cm³/mol. The number of para-hydroxylation sites is 1. The number of hydrogen-bond donors (Lipinski definition) is 0. The fraction of sp³-hybridized carbons (Fsp3) is 0.320. The number of benzene rings is 1. The molecule has 0 aliphatic carbocycles. The SMILES string of the molecule is Cc1noc(C)c1Cn1ccnc1C1CCN(C(=O)c2ccccc2-n2cccc2)CC1.